The number of amides is 1. The third kappa shape index (κ3) is 5.74. The van der Waals surface area contributed by atoms with Crippen LogP contribution in [0.4, 0.5) is 4.79 Å². The van der Waals surface area contributed by atoms with Crippen molar-refractivity contribution < 1.29 is 9.53 Å². The number of nitrogens with one attached hydrogen (secondary N) is 1. The molecule has 1 aliphatic rings. The number of hydrogen-bond acceptors (Lipinski definition) is 4. The van der Waals surface area contributed by atoms with Crippen molar-refractivity contribution in [2.45, 2.75) is 32.7 Å². The van der Waals surface area contributed by atoms with Crippen molar-refractivity contribution in [1.29, 1.82) is 0 Å². The average Bonchev–Trinajstić information content (AvgIpc) is 2.36. The van der Waals surface area contributed by atoms with E-state index in [1.54, 1.807) is 0 Å². The predicted octanol–water partition coefficient (Wildman–Crippen LogP) is 1.68. The van der Waals surface area contributed by atoms with E-state index in [2.05, 4.69) is 24.3 Å². The molecular formula is C13H25N3O2S. The number of likely N-dealkylation sites (tertiary alicyclic amines) is 1. The molecule has 0 unspecified atom stereocenters. The molecule has 0 saturated carbocycles. The summed E-state index contributed by atoms with van der Waals surface area (Å²) in [6.45, 7) is 6.17. The van der Waals surface area contributed by atoms with Crippen molar-refractivity contribution in [3.8, 4) is 0 Å². The van der Waals surface area contributed by atoms with Crippen LogP contribution in [0.5, 0.6) is 0 Å². The van der Waals surface area contributed by atoms with E-state index in [0.29, 0.717) is 23.7 Å². The molecule has 5 nitrogen and oxygen atoms in total. The maximum Gasteiger partial charge on any atom is 0.413 e. The Morgan fingerprint density at radius 1 is 1.42 bits per heavy atom. The largest absolute Gasteiger partial charge is 0.449 e. The second-order valence-corrected chi connectivity index (χ2v) is 5.99. The monoisotopic (exact) mass is 287 g/mol. The van der Waals surface area contributed by atoms with E-state index in [1.807, 2.05) is 18.7 Å². The molecule has 0 bridgehead atoms. The molecule has 0 aromatic heterocycles. The van der Waals surface area contributed by atoms with Crippen LogP contribution >= 0.6 is 12.2 Å². The number of rotatable bonds is 3. The Balaban J connectivity index is 2.29. The minimum atomic E-state index is -0.451. The quantitative estimate of drug-likeness (QED) is 0.800. The van der Waals surface area contributed by atoms with E-state index in [0.717, 1.165) is 25.9 Å². The molecule has 19 heavy (non-hydrogen) atoms. The molecule has 6 heteroatoms. The van der Waals surface area contributed by atoms with E-state index >= 15 is 0 Å². The Kier molecular flexibility index (Phi) is 6.51. The van der Waals surface area contributed by atoms with Gasteiger partial charge in [-0.2, -0.15) is 0 Å². The van der Waals surface area contributed by atoms with Crippen LogP contribution in [0.2, 0.25) is 0 Å². The molecule has 1 saturated heterocycles. The third-order valence-electron chi connectivity index (χ3n) is 3.24. The topological polar surface area (TPSA) is 44.8 Å². The van der Waals surface area contributed by atoms with Gasteiger partial charge in [0.1, 0.15) is 0 Å². The fourth-order valence-corrected chi connectivity index (χ4v) is 2.30. The maximum absolute atomic E-state index is 11.5. The highest BCUT2D eigenvalue weighted by atomic mass is 32.1. The summed E-state index contributed by atoms with van der Waals surface area (Å²) in [5.74, 6) is 0.329. The molecule has 0 atom stereocenters. The van der Waals surface area contributed by atoms with Crippen LogP contribution < -0.4 is 5.32 Å². The summed E-state index contributed by atoms with van der Waals surface area (Å²) < 4.78 is 5.05. The predicted molar refractivity (Wildman–Crippen MR) is 80.2 cm³/mol. The van der Waals surface area contributed by atoms with Crippen molar-refractivity contribution in [3.63, 3.8) is 0 Å². The molecule has 1 amide bonds. The number of thiocarbonyl (C=S) groups is 1. The molecule has 1 rings (SSSR count). The number of carbonyl (C=O) groups is 1. The lowest BCUT2D eigenvalue weighted by Crippen LogP contribution is -2.49. The van der Waals surface area contributed by atoms with E-state index in [4.69, 9.17) is 17.0 Å². The van der Waals surface area contributed by atoms with Crippen LogP contribution in [0.15, 0.2) is 0 Å². The first-order chi connectivity index (χ1) is 8.90. The minimum absolute atomic E-state index is 0.329. The Bertz CT molecular complexity index is 313. The summed E-state index contributed by atoms with van der Waals surface area (Å²) in [5, 5.41) is 3.11. The summed E-state index contributed by atoms with van der Waals surface area (Å²) in [7, 11) is 4.19. The van der Waals surface area contributed by atoms with Gasteiger partial charge in [-0.15, -0.1) is 0 Å². The van der Waals surface area contributed by atoms with Gasteiger partial charge in [0.2, 0.25) is 0 Å². The van der Waals surface area contributed by atoms with Crippen LogP contribution in [0.1, 0.15) is 26.7 Å². The van der Waals surface area contributed by atoms with Gasteiger partial charge in [-0.05, 0) is 45.1 Å². The van der Waals surface area contributed by atoms with Crippen LogP contribution in [0.3, 0.4) is 0 Å². The van der Waals surface area contributed by atoms with Crippen LogP contribution in [0, 0.1) is 5.92 Å². The molecule has 0 radical (unpaired) electrons. The van der Waals surface area contributed by atoms with Gasteiger partial charge < -0.3 is 14.5 Å². The van der Waals surface area contributed by atoms with Gasteiger partial charge in [-0.25, -0.2) is 4.79 Å². The minimum Gasteiger partial charge on any atom is -0.449 e. The summed E-state index contributed by atoms with van der Waals surface area (Å²) in [6, 6.07) is 0.604. The first kappa shape index (κ1) is 16.2. The average molecular weight is 287 g/mol. The number of nitrogens with zero attached hydrogens (tertiary/aromatic N) is 2. The number of ether oxygens (including phenoxy) is 1. The Labute approximate surface area is 121 Å². The summed E-state index contributed by atoms with van der Waals surface area (Å²) in [4.78, 5) is 15.8. The standard InChI is InChI=1S/C13H25N3O2S/c1-10(2)9-18-13(17)14-12(19)16-7-5-11(6-8-16)15(3)4/h10-11H,5-9H2,1-4H3,(H,14,17,19). The van der Waals surface area contributed by atoms with Crippen LogP contribution in [-0.4, -0.2) is 60.8 Å². The van der Waals surface area contributed by atoms with Gasteiger partial charge in [-0.3, -0.25) is 5.32 Å². The van der Waals surface area contributed by atoms with E-state index in [-0.39, 0.29) is 0 Å². The third-order valence-corrected chi connectivity index (χ3v) is 3.60. The summed E-state index contributed by atoms with van der Waals surface area (Å²) in [6.07, 6.45) is 1.68. The molecule has 1 aliphatic heterocycles. The van der Waals surface area contributed by atoms with Crippen molar-refractivity contribution in [3.05, 3.63) is 0 Å². The van der Waals surface area contributed by atoms with Crippen molar-refractivity contribution >= 4 is 23.4 Å². The zero-order valence-corrected chi connectivity index (χ0v) is 13.1. The Hall–Kier alpha value is -0.880. The van der Waals surface area contributed by atoms with Gasteiger partial charge in [-0.1, -0.05) is 13.8 Å². The fraction of sp³-hybridized carbons (Fsp3) is 0.846. The van der Waals surface area contributed by atoms with E-state index < -0.39 is 6.09 Å². The van der Waals surface area contributed by atoms with Gasteiger partial charge >= 0.3 is 6.09 Å². The van der Waals surface area contributed by atoms with Gasteiger partial charge in [0.05, 0.1) is 6.61 Å². The highest BCUT2D eigenvalue weighted by Gasteiger charge is 2.23. The molecule has 1 N–H and O–H groups in total. The van der Waals surface area contributed by atoms with Crippen molar-refractivity contribution in [2.24, 2.45) is 5.92 Å². The lowest BCUT2D eigenvalue weighted by Gasteiger charge is -2.36. The van der Waals surface area contributed by atoms with Gasteiger partial charge in [0.25, 0.3) is 0 Å². The summed E-state index contributed by atoms with van der Waals surface area (Å²) >= 11 is 5.23. The second-order valence-electron chi connectivity index (χ2n) is 5.60. The van der Waals surface area contributed by atoms with E-state index in [1.165, 1.54) is 0 Å². The highest BCUT2D eigenvalue weighted by Crippen LogP contribution is 2.14. The first-order valence-corrected chi connectivity index (χ1v) is 7.20. The van der Waals surface area contributed by atoms with Crippen LogP contribution in [-0.2, 0) is 4.74 Å². The zero-order valence-electron chi connectivity index (χ0n) is 12.3. The smallest absolute Gasteiger partial charge is 0.413 e. The second kappa shape index (κ2) is 7.65. The number of alkyl carbamates (subject to hydrolysis) is 1. The fourth-order valence-electron chi connectivity index (χ4n) is 2.03. The zero-order chi connectivity index (χ0) is 14.4. The Morgan fingerprint density at radius 3 is 2.47 bits per heavy atom. The summed E-state index contributed by atoms with van der Waals surface area (Å²) in [5.41, 5.74) is 0. The molecular weight excluding hydrogens is 262 g/mol. The number of piperidine rings is 1. The molecule has 0 aromatic rings. The van der Waals surface area contributed by atoms with Gasteiger partial charge in [0.15, 0.2) is 5.11 Å². The lowest BCUT2D eigenvalue weighted by molar-refractivity contribution is 0.136. The highest BCUT2D eigenvalue weighted by molar-refractivity contribution is 7.80. The molecule has 1 fully saturated rings. The molecule has 0 aliphatic carbocycles. The lowest BCUT2D eigenvalue weighted by atomic mass is 10.0. The van der Waals surface area contributed by atoms with Gasteiger partial charge in [0, 0.05) is 19.1 Å². The van der Waals surface area contributed by atoms with Crippen molar-refractivity contribution in [1.82, 2.24) is 15.1 Å². The number of hydrogen-bond donors (Lipinski definition) is 1. The van der Waals surface area contributed by atoms with E-state index in [9.17, 15) is 4.79 Å². The molecule has 0 aromatic carbocycles. The molecule has 1 heterocycles. The number of carbonyl (C=O) groups excluding carboxylic acids is 1. The molecule has 0 spiro atoms. The normalized spacial score (nSPS) is 16.8. The maximum atomic E-state index is 11.5. The SMILES string of the molecule is CC(C)COC(=O)NC(=S)N1CCC(N(C)C)CC1. The van der Waals surface area contributed by atoms with Crippen molar-refractivity contribution in [2.75, 3.05) is 33.8 Å². The van der Waals surface area contributed by atoms with Crippen LogP contribution in [0.25, 0.3) is 0 Å². The molecule has 110 valence electrons. The first-order valence-electron chi connectivity index (χ1n) is 6.79. The Morgan fingerprint density at radius 2 is 2.00 bits per heavy atom.